The summed E-state index contributed by atoms with van der Waals surface area (Å²) in [6, 6.07) is -1.95. The Morgan fingerprint density at radius 3 is 1.94 bits per heavy atom. The number of carbonyl (C=O) groups excluding carboxylic acids is 4. The van der Waals surface area contributed by atoms with Crippen LogP contribution >= 0.6 is 0 Å². The Morgan fingerprint density at radius 1 is 1.10 bits per heavy atom. The molecule has 0 aromatic rings. The van der Waals surface area contributed by atoms with E-state index in [1.807, 2.05) is 0 Å². The van der Waals surface area contributed by atoms with E-state index in [0.29, 0.717) is 6.42 Å². The van der Waals surface area contributed by atoms with E-state index in [9.17, 15) is 32.3 Å². The second kappa shape index (κ2) is 13.5. The lowest BCUT2D eigenvalue weighted by Crippen LogP contribution is -2.63. The molecule has 0 saturated heterocycles. The number of urea groups is 1. The standard InChI is InChI=1S/C14H27N5O5.C2HF3O2/c1-8(2)11(16)12(22)24-10(21)5-6-14(18,19-13(17)23)9(20)4-3-7-15;3-2(4,5)1(6)7/h8,11H,3-7,15-16,18H2,1-2H3,(H3,17,19,23);(H,6,7)/t11-,14?;/m0./s1. The zero-order valence-corrected chi connectivity index (χ0v) is 17.0. The monoisotopic (exact) mass is 459 g/mol. The molecule has 180 valence electrons. The third kappa shape index (κ3) is 13.2. The molecule has 0 heterocycles. The first-order valence-electron chi connectivity index (χ1n) is 8.88. The molecule has 0 bridgehead atoms. The van der Waals surface area contributed by atoms with E-state index >= 15 is 0 Å². The van der Waals surface area contributed by atoms with E-state index in [0.717, 1.165) is 0 Å². The fourth-order valence-electron chi connectivity index (χ4n) is 1.78. The van der Waals surface area contributed by atoms with Gasteiger partial charge in [-0.25, -0.2) is 14.4 Å². The van der Waals surface area contributed by atoms with Crippen molar-refractivity contribution in [2.24, 2.45) is 28.9 Å². The molecule has 10 N–H and O–H groups in total. The molecule has 0 spiro atoms. The molecule has 0 aromatic carbocycles. The van der Waals surface area contributed by atoms with Gasteiger partial charge in [-0.05, 0) is 18.9 Å². The first kappa shape index (κ1) is 30.4. The number of hydrogen-bond donors (Lipinski definition) is 6. The number of nitrogens with two attached hydrogens (primary N) is 4. The van der Waals surface area contributed by atoms with Crippen LogP contribution in [-0.4, -0.2) is 59.3 Å². The number of ether oxygens (including phenoxy) is 1. The van der Waals surface area contributed by atoms with Crippen molar-refractivity contribution >= 4 is 29.7 Å². The van der Waals surface area contributed by atoms with Gasteiger partial charge in [-0.2, -0.15) is 13.2 Å². The zero-order valence-electron chi connectivity index (χ0n) is 17.0. The quantitative estimate of drug-likeness (QED) is 0.134. The van der Waals surface area contributed by atoms with Crippen molar-refractivity contribution in [3.8, 4) is 0 Å². The van der Waals surface area contributed by atoms with Crippen molar-refractivity contribution in [2.45, 2.75) is 57.4 Å². The number of esters is 2. The Hall–Kier alpha value is -2.78. The summed E-state index contributed by atoms with van der Waals surface area (Å²) in [5.41, 5.74) is 19.9. The van der Waals surface area contributed by atoms with Crippen LogP contribution in [0.25, 0.3) is 0 Å². The number of carboxylic acid groups (broad SMARTS) is 1. The van der Waals surface area contributed by atoms with Crippen molar-refractivity contribution in [3.63, 3.8) is 0 Å². The minimum absolute atomic E-state index is 0.0134. The van der Waals surface area contributed by atoms with Gasteiger partial charge in [0.15, 0.2) is 5.78 Å². The lowest BCUT2D eigenvalue weighted by molar-refractivity contribution is -0.192. The maximum atomic E-state index is 12.1. The normalized spacial score (nSPS) is 13.8. The first-order valence-corrected chi connectivity index (χ1v) is 8.88. The van der Waals surface area contributed by atoms with Crippen molar-refractivity contribution in [3.05, 3.63) is 0 Å². The van der Waals surface area contributed by atoms with Crippen molar-refractivity contribution in [1.29, 1.82) is 0 Å². The van der Waals surface area contributed by atoms with Crippen LogP contribution in [0.3, 0.4) is 0 Å². The van der Waals surface area contributed by atoms with Gasteiger partial charge in [-0.3, -0.25) is 9.59 Å². The Morgan fingerprint density at radius 2 is 1.58 bits per heavy atom. The van der Waals surface area contributed by atoms with E-state index in [-0.39, 0.29) is 31.7 Å². The third-order valence-electron chi connectivity index (χ3n) is 3.62. The number of carboxylic acids is 1. The van der Waals surface area contributed by atoms with Gasteiger partial charge in [-0.1, -0.05) is 13.8 Å². The molecule has 0 fully saturated rings. The average Bonchev–Trinajstić information content (AvgIpc) is 2.62. The number of aliphatic carboxylic acids is 1. The number of primary amides is 1. The van der Waals surface area contributed by atoms with Gasteiger partial charge < -0.3 is 38.1 Å². The maximum absolute atomic E-state index is 12.1. The van der Waals surface area contributed by atoms with E-state index in [1.54, 1.807) is 13.8 Å². The minimum Gasteiger partial charge on any atom is -0.475 e. The van der Waals surface area contributed by atoms with Crippen LogP contribution in [0.2, 0.25) is 0 Å². The van der Waals surface area contributed by atoms with Crippen LogP contribution in [0.15, 0.2) is 0 Å². The molecule has 12 nitrogen and oxygen atoms in total. The molecule has 0 rings (SSSR count). The van der Waals surface area contributed by atoms with E-state index in [4.69, 9.17) is 32.8 Å². The first-order chi connectivity index (χ1) is 14.0. The molecule has 0 aliphatic heterocycles. The summed E-state index contributed by atoms with van der Waals surface area (Å²) in [6.45, 7) is 3.67. The van der Waals surface area contributed by atoms with E-state index in [2.05, 4.69) is 10.1 Å². The van der Waals surface area contributed by atoms with E-state index < -0.39 is 47.6 Å². The van der Waals surface area contributed by atoms with Crippen LogP contribution in [0, 0.1) is 5.92 Å². The van der Waals surface area contributed by atoms with Crippen molar-refractivity contribution in [2.75, 3.05) is 6.54 Å². The number of hydrogen-bond acceptors (Lipinski definition) is 9. The van der Waals surface area contributed by atoms with Crippen LogP contribution in [0.1, 0.15) is 39.5 Å². The lowest BCUT2D eigenvalue weighted by atomic mass is 9.96. The fraction of sp³-hybridized carbons (Fsp3) is 0.688. The highest BCUT2D eigenvalue weighted by atomic mass is 19.4. The van der Waals surface area contributed by atoms with E-state index in [1.165, 1.54) is 0 Å². The summed E-state index contributed by atoms with van der Waals surface area (Å²) >= 11 is 0. The zero-order chi connectivity index (χ0) is 25.0. The van der Waals surface area contributed by atoms with Gasteiger partial charge >= 0.3 is 30.1 Å². The minimum atomic E-state index is -5.08. The molecule has 0 radical (unpaired) electrons. The molecular weight excluding hydrogens is 431 g/mol. The predicted molar refractivity (Wildman–Crippen MR) is 99.8 cm³/mol. The molecular formula is C16H28F3N5O7. The van der Waals surface area contributed by atoms with Gasteiger partial charge in [0.1, 0.15) is 11.7 Å². The molecule has 2 amide bonds. The van der Waals surface area contributed by atoms with Gasteiger partial charge in [0.2, 0.25) is 0 Å². The predicted octanol–water partition coefficient (Wildman–Crippen LogP) is -0.916. The second-order valence-electron chi connectivity index (χ2n) is 6.64. The maximum Gasteiger partial charge on any atom is 0.490 e. The van der Waals surface area contributed by atoms with Crippen molar-refractivity contribution < 1.29 is 47.0 Å². The second-order valence-corrected chi connectivity index (χ2v) is 6.64. The number of alkyl halides is 3. The molecule has 31 heavy (non-hydrogen) atoms. The number of rotatable bonds is 10. The summed E-state index contributed by atoms with van der Waals surface area (Å²) in [6.07, 6.45) is -5.35. The number of amides is 2. The van der Waals surface area contributed by atoms with Gasteiger partial charge in [0.05, 0.1) is 6.42 Å². The Bertz CT molecular complexity index is 658. The number of ketones is 1. The highest BCUT2D eigenvalue weighted by Crippen LogP contribution is 2.14. The molecule has 15 heteroatoms. The summed E-state index contributed by atoms with van der Waals surface area (Å²) in [4.78, 5) is 55.4. The molecule has 0 saturated carbocycles. The van der Waals surface area contributed by atoms with Gasteiger partial charge in [0.25, 0.3) is 0 Å². The Kier molecular flexibility index (Phi) is 13.3. The largest absolute Gasteiger partial charge is 0.490 e. The lowest BCUT2D eigenvalue weighted by Gasteiger charge is -2.28. The number of carbonyl (C=O) groups is 5. The topological polar surface area (TPSA) is 231 Å². The number of Topliss-reactive ketones (excluding diaryl/α,β-unsaturated/α-hetero) is 1. The van der Waals surface area contributed by atoms with Gasteiger partial charge in [-0.15, -0.1) is 0 Å². The smallest absolute Gasteiger partial charge is 0.475 e. The summed E-state index contributed by atoms with van der Waals surface area (Å²) in [5.74, 6) is -5.25. The third-order valence-corrected chi connectivity index (χ3v) is 3.62. The molecule has 0 aromatic heterocycles. The molecule has 2 atom stereocenters. The fourth-order valence-corrected chi connectivity index (χ4v) is 1.78. The summed E-state index contributed by atoms with van der Waals surface area (Å²) in [7, 11) is 0. The van der Waals surface area contributed by atoms with Crippen molar-refractivity contribution in [1.82, 2.24) is 5.32 Å². The SMILES string of the molecule is CC(C)[C@H](N)C(=O)OC(=O)CCC(N)(NC(N)=O)C(=O)CCCN.O=C(O)C(F)(F)F. The molecule has 0 aliphatic rings. The highest BCUT2D eigenvalue weighted by Gasteiger charge is 2.38. The Labute approximate surface area is 175 Å². The molecule has 0 aliphatic carbocycles. The molecule has 1 unspecified atom stereocenters. The van der Waals surface area contributed by atoms with Crippen LogP contribution in [0.5, 0.6) is 0 Å². The van der Waals surface area contributed by atoms with Crippen LogP contribution < -0.4 is 28.3 Å². The number of halogens is 3. The Balaban J connectivity index is 0. The average molecular weight is 459 g/mol. The highest BCUT2D eigenvalue weighted by molar-refractivity contribution is 5.93. The van der Waals surface area contributed by atoms with Crippen LogP contribution in [0.4, 0.5) is 18.0 Å². The number of nitrogens with one attached hydrogen (secondary N) is 1. The summed E-state index contributed by atoms with van der Waals surface area (Å²) in [5, 5.41) is 9.25. The van der Waals surface area contributed by atoms with Crippen LogP contribution in [-0.2, 0) is 23.9 Å². The van der Waals surface area contributed by atoms with Gasteiger partial charge in [0, 0.05) is 12.8 Å². The summed E-state index contributed by atoms with van der Waals surface area (Å²) < 4.78 is 36.3.